The van der Waals surface area contributed by atoms with E-state index in [1.165, 1.54) is 0 Å². The molecule has 0 heterocycles. The van der Waals surface area contributed by atoms with Crippen molar-refractivity contribution >= 4 is 5.91 Å². The minimum absolute atomic E-state index is 0.353. The number of hydrogen-bond acceptors (Lipinski definition) is 1. The van der Waals surface area contributed by atoms with Crippen molar-refractivity contribution in [2.75, 3.05) is 0 Å². The van der Waals surface area contributed by atoms with E-state index in [0.29, 0.717) is 11.5 Å². The van der Waals surface area contributed by atoms with Gasteiger partial charge in [-0.15, -0.1) is 0 Å². The second-order valence-corrected chi connectivity index (χ2v) is 2.87. The predicted octanol–water partition coefficient (Wildman–Crippen LogP) is 2.02. The fraction of sp³-hybridized carbons (Fsp3) is 0.500. The number of rotatable bonds is 4. The Labute approximate surface area is 74.1 Å². The lowest BCUT2D eigenvalue weighted by molar-refractivity contribution is -0.114. The molecule has 0 aliphatic rings. The van der Waals surface area contributed by atoms with Crippen LogP contribution in [0.1, 0.15) is 27.2 Å². The van der Waals surface area contributed by atoms with Gasteiger partial charge in [0, 0.05) is 5.57 Å². The highest BCUT2D eigenvalue weighted by Crippen LogP contribution is 2.07. The van der Waals surface area contributed by atoms with Crippen LogP contribution in [0.4, 0.5) is 0 Å². The van der Waals surface area contributed by atoms with Gasteiger partial charge < -0.3 is 5.73 Å². The third-order valence-corrected chi connectivity index (χ3v) is 1.74. The van der Waals surface area contributed by atoms with Crippen LogP contribution in [0.3, 0.4) is 0 Å². The van der Waals surface area contributed by atoms with Crippen LogP contribution in [-0.2, 0) is 4.79 Å². The molecule has 0 rings (SSSR count). The zero-order chi connectivity index (χ0) is 9.56. The Balaban J connectivity index is 4.49. The Hall–Kier alpha value is -1.05. The molecule has 0 radical (unpaired) electrons. The van der Waals surface area contributed by atoms with Gasteiger partial charge >= 0.3 is 0 Å². The van der Waals surface area contributed by atoms with Crippen molar-refractivity contribution in [3.63, 3.8) is 0 Å². The molecule has 0 aromatic carbocycles. The van der Waals surface area contributed by atoms with Gasteiger partial charge in [0.15, 0.2) is 0 Å². The molecule has 1 amide bonds. The molecule has 0 saturated heterocycles. The van der Waals surface area contributed by atoms with Gasteiger partial charge in [-0.05, 0) is 12.8 Å². The maximum atomic E-state index is 10.8. The van der Waals surface area contributed by atoms with E-state index in [1.54, 1.807) is 6.08 Å². The van der Waals surface area contributed by atoms with Gasteiger partial charge in [-0.3, -0.25) is 4.79 Å². The van der Waals surface area contributed by atoms with E-state index in [9.17, 15) is 4.79 Å². The molecule has 0 spiro atoms. The summed E-state index contributed by atoms with van der Waals surface area (Å²) in [6.07, 6.45) is 6.49. The summed E-state index contributed by atoms with van der Waals surface area (Å²) in [6.45, 7) is 6.01. The highest BCUT2D eigenvalue weighted by atomic mass is 16.1. The van der Waals surface area contributed by atoms with E-state index in [0.717, 1.165) is 6.42 Å². The molecule has 2 N–H and O–H groups in total. The zero-order valence-electron chi connectivity index (χ0n) is 8.00. The molecule has 0 bridgehead atoms. The van der Waals surface area contributed by atoms with E-state index >= 15 is 0 Å². The van der Waals surface area contributed by atoms with Crippen molar-refractivity contribution in [3.05, 3.63) is 23.8 Å². The first-order chi connectivity index (χ1) is 5.61. The van der Waals surface area contributed by atoms with Crippen LogP contribution in [0.5, 0.6) is 0 Å². The summed E-state index contributed by atoms with van der Waals surface area (Å²) >= 11 is 0. The largest absolute Gasteiger partial charge is 0.366 e. The van der Waals surface area contributed by atoms with Gasteiger partial charge in [0.25, 0.3) is 0 Å². The first-order valence-electron chi connectivity index (χ1n) is 4.26. The van der Waals surface area contributed by atoms with Crippen molar-refractivity contribution in [1.82, 2.24) is 0 Å². The molecule has 1 atom stereocenters. The molecular weight excluding hydrogens is 150 g/mol. The normalized spacial score (nSPS) is 15.1. The Kier molecular flexibility index (Phi) is 5.09. The molecule has 0 aromatic rings. The first-order valence-corrected chi connectivity index (χ1v) is 4.26. The predicted molar refractivity (Wildman–Crippen MR) is 51.5 cm³/mol. The zero-order valence-corrected chi connectivity index (χ0v) is 8.00. The number of primary amides is 1. The molecule has 2 heteroatoms. The first kappa shape index (κ1) is 11.0. The average molecular weight is 167 g/mol. The summed E-state index contributed by atoms with van der Waals surface area (Å²) in [5, 5.41) is 0. The number of hydrogen-bond donors (Lipinski definition) is 1. The van der Waals surface area contributed by atoms with Gasteiger partial charge in [-0.2, -0.15) is 0 Å². The summed E-state index contributed by atoms with van der Waals surface area (Å²) < 4.78 is 0. The van der Waals surface area contributed by atoms with Crippen LogP contribution in [0.25, 0.3) is 0 Å². The van der Waals surface area contributed by atoms with Crippen molar-refractivity contribution in [3.8, 4) is 0 Å². The molecule has 12 heavy (non-hydrogen) atoms. The average Bonchev–Trinajstić information content (AvgIpc) is 2.03. The summed E-state index contributed by atoms with van der Waals surface area (Å²) in [6, 6.07) is 0. The maximum Gasteiger partial charge on any atom is 0.248 e. The van der Waals surface area contributed by atoms with Gasteiger partial charge in [0.05, 0.1) is 0 Å². The molecule has 0 aliphatic heterocycles. The lowest BCUT2D eigenvalue weighted by Crippen LogP contribution is -2.13. The Bertz CT molecular complexity index is 204. The van der Waals surface area contributed by atoms with Crippen LogP contribution < -0.4 is 5.73 Å². The van der Waals surface area contributed by atoms with E-state index in [2.05, 4.69) is 13.8 Å². The van der Waals surface area contributed by atoms with Gasteiger partial charge in [0.2, 0.25) is 5.91 Å². The van der Waals surface area contributed by atoms with Crippen molar-refractivity contribution in [1.29, 1.82) is 0 Å². The van der Waals surface area contributed by atoms with Crippen LogP contribution in [0, 0.1) is 5.92 Å². The standard InChI is InChI=1S/C10H17NO/c1-4-6-9(10(11)12)7-8(3)5-2/h4,6-8H,5H2,1-3H3,(H2,11,12). The molecule has 0 aromatic heterocycles. The molecule has 68 valence electrons. The van der Waals surface area contributed by atoms with E-state index in [-0.39, 0.29) is 5.91 Å². The smallest absolute Gasteiger partial charge is 0.248 e. The van der Waals surface area contributed by atoms with Gasteiger partial charge in [0.1, 0.15) is 0 Å². The lowest BCUT2D eigenvalue weighted by atomic mass is 10.0. The van der Waals surface area contributed by atoms with E-state index in [1.807, 2.05) is 19.1 Å². The lowest BCUT2D eigenvalue weighted by Gasteiger charge is -2.02. The highest BCUT2D eigenvalue weighted by molar-refractivity contribution is 5.94. The summed E-state index contributed by atoms with van der Waals surface area (Å²) in [5.74, 6) is 0.0529. The fourth-order valence-corrected chi connectivity index (χ4v) is 0.824. The second-order valence-electron chi connectivity index (χ2n) is 2.87. The summed E-state index contributed by atoms with van der Waals surface area (Å²) in [4.78, 5) is 10.8. The number of carbonyl (C=O) groups excluding carboxylic acids is 1. The van der Waals surface area contributed by atoms with Crippen LogP contribution in [0.2, 0.25) is 0 Å². The third-order valence-electron chi connectivity index (χ3n) is 1.74. The van der Waals surface area contributed by atoms with Crippen molar-refractivity contribution in [2.24, 2.45) is 11.7 Å². The molecule has 0 fully saturated rings. The quantitative estimate of drug-likeness (QED) is 0.505. The highest BCUT2D eigenvalue weighted by Gasteiger charge is 2.01. The maximum absolute atomic E-state index is 10.8. The summed E-state index contributed by atoms with van der Waals surface area (Å²) in [5.41, 5.74) is 5.77. The van der Waals surface area contributed by atoms with Crippen LogP contribution in [0.15, 0.2) is 23.8 Å². The molecule has 2 nitrogen and oxygen atoms in total. The van der Waals surface area contributed by atoms with Gasteiger partial charge in [-0.25, -0.2) is 0 Å². The Morgan fingerprint density at radius 2 is 2.17 bits per heavy atom. The van der Waals surface area contributed by atoms with E-state index < -0.39 is 0 Å². The van der Waals surface area contributed by atoms with Crippen molar-refractivity contribution in [2.45, 2.75) is 27.2 Å². The fourth-order valence-electron chi connectivity index (χ4n) is 0.824. The minimum Gasteiger partial charge on any atom is -0.366 e. The Morgan fingerprint density at radius 1 is 1.58 bits per heavy atom. The van der Waals surface area contributed by atoms with Crippen molar-refractivity contribution < 1.29 is 4.79 Å². The third kappa shape index (κ3) is 3.96. The Morgan fingerprint density at radius 3 is 2.50 bits per heavy atom. The second kappa shape index (κ2) is 5.58. The van der Waals surface area contributed by atoms with Crippen LogP contribution >= 0.6 is 0 Å². The molecular formula is C10H17NO. The number of amides is 1. The van der Waals surface area contributed by atoms with Gasteiger partial charge in [-0.1, -0.05) is 38.5 Å². The van der Waals surface area contributed by atoms with E-state index in [4.69, 9.17) is 5.73 Å². The SMILES string of the molecule is CC=CC(=CC(C)CC)C(N)=O. The van der Waals surface area contributed by atoms with Crippen LogP contribution in [-0.4, -0.2) is 5.91 Å². The number of nitrogens with two attached hydrogens (primary N) is 1. The minimum atomic E-state index is -0.353. The molecule has 1 unspecified atom stereocenters. The molecule has 0 aliphatic carbocycles. The number of allylic oxidation sites excluding steroid dienone is 2. The summed E-state index contributed by atoms with van der Waals surface area (Å²) in [7, 11) is 0. The topological polar surface area (TPSA) is 43.1 Å². The number of carbonyl (C=O) groups is 1. The molecule has 0 saturated carbocycles. The monoisotopic (exact) mass is 167 g/mol.